The zero-order valence-electron chi connectivity index (χ0n) is 21.1. The van der Waals surface area contributed by atoms with E-state index in [0.717, 1.165) is 46.7 Å². The zero-order valence-corrected chi connectivity index (χ0v) is 21.1. The second-order valence-corrected chi connectivity index (χ2v) is 8.85. The Bertz CT molecular complexity index is 1250. The number of methoxy groups -OCH3 is 2. The van der Waals surface area contributed by atoms with Crippen LogP contribution in [-0.4, -0.2) is 44.7 Å². The molecule has 2 aromatic rings. The van der Waals surface area contributed by atoms with Crippen molar-refractivity contribution in [1.29, 1.82) is 5.26 Å². The van der Waals surface area contributed by atoms with Crippen LogP contribution in [0.3, 0.4) is 0 Å². The van der Waals surface area contributed by atoms with Gasteiger partial charge in [0.1, 0.15) is 28.9 Å². The van der Waals surface area contributed by atoms with E-state index in [1.54, 1.807) is 14.2 Å². The van der Waals surface area contributed by atoms with Crippen molar-refractivity contribution >= 4 is 12.0 Å². The minimum Gasteiger partial charge on any atom is -0.497 e. The van der Waals surface area contributed by atoms with Crippen LogP contribution in [0, 0.1) is 11.3 Å². The summed E-state index contributed by atoms with van der Waals surface area (Å²) in [5.74, 6) is 1.78. The highest BCUT2D eigenvalue weighted by Gasteiger charge is 2.38. The molecule has 1 atom stereocenters. The molecule has 2 aliphatic rings. The smallest absolute Gasteiger partial charge is 0.223 e. The lowest BCUT2D eigenvalue weighted by atomic mass is 9.80. The standard InChI is InChI=1S/C29H31N3O4/c1-5-14-32-17-22(15-20-6-10-23(34-3)11-7-20)28-26(18-32)27(21-8-12-24(35-4)13-9-21)25(16-30)29(36-28)31-19(2)33/h6-13,15,27H,5,14,17-18H2,1-4H3,(H,31,33)/b22-15+. The van der Waals surface area contributed by atoms with E-state index in [1.165, 1.54) is 6.92 Å². The number of hydrogen-bond donors (Lipinski definition) is 1. The molecule has 7 heteroatoms. The van der Waals surface area contributed by atoms with Crippen LogP contribution < -0.4 is 14.8 Å². The maximum atomic E-state index is 12.0. The highest BCUT2D eigenvalue weighted by atomic mass is 16.5. The second kappa shape index (κ2) is 11.1. The maximum absolute atomic E-state index is 12.0. The fourth-order valence-corrected chi connectivity index (χ4v) is 4.72. The van der Waals surface area contributed by atoms with Gasteiger partial charge in [0.15, 0.2) is 0 Å². The number of nitrogens with zero attached hydrogens (tertiary/aromatic N) is 2. The fraction of sp³-hybridized carbons (Fsp3) is 0.310. The van der Waals surface area contributed by atoms with Crippen molar-refractivity contribution in [3.05, 3.63) is 88.0 Å². The SMILES string of the molecule is CCCN1CC2=C(OC(NC(C)=O)=C(C#N)C2c2ccc(OC)cc2)/C(=C/c2ccc(OC)cc2)C1. The molecule has 1 unspecified atom stereocenters. The van der Waals surface area contributed by atoms with Gasteiger partial charge >= 0.3 is 0 Å². The van der Waals surface area contributed by atoms with Gasteiger partial charge in [0.25, 0.3) is 0 Å². The van der Waals surface area contributed by atoms with Crippen molar-refractivity contribution in [1.82, 2.24) is 10.2 Å². The first-order valence-corrected chi connectivity index (χ1v) is 12.0. The monoisotopic (exact) mass is 485 g/mol. The lowest BCUT2D eigenvalue weighted by Crippen LogP contribution is -2.39. The normalized spacial score (nSPS) is 18.9. The quantitative estimate of drug-likeness (QED) is 0.609. The van der Waals surface area contributed by atoms with Crippen molar-refractivity contribution in [3.63, 3.8) is 0 Å². The number of amides is 1. The van der Waals surface area contributed by atoms with E-state index in [2.05, 4.69) is 29.3 Å². The Labute approximate surface area is 212 Å². The maximum Gasteiger partial charge on any atom is 0.223 e. The highest BCUT2D eigenvalue weighted by molar-refractivity contribution is 5.75. The first-order chi connectivity index (χ1) is 17.5. The number of allylic oxidation sites excluding steroid dienone is 1. The summed E-state index contributed by atoms with van der Waals surface area (Å²) in [5.41, 5.74) is 4.33. The number of carbonyl (C=O) groups is 1. The third kappa shape index (κ3) is 5.29. The van der Waals surface area contributed by atoms with Crippen LogP contribution in [-0.2, 0) is 9.53 Å². The topological polar surface area (TPSA) is 83.8 Å². The van der Waals surface area contributed by atoms with Crippen LogP contribution in [0.2, 0.25) is 0 Å². The molecule has 0 aromatic heterocycles. The lowest BCUT2D eigenvalue weighted by molar-refractivity contribution is -0.119. The minimum atomic E-state index is -0.356. The van der Waals surface area contributed by atoms with E-state index in [9.17, 15) is 10.1 Å². The van der Waals surface area contributed by atoms with Gasteiger partial charge < -0.3 is 14.2 Å². The summed E-state index contributed by atoms with van der Waals surface area (Å²) in [5, 5.41) is 12.9. The molecule has 0 saturated carbocycles. The summed E-state index contributed by atoms with van der Waals surface area (Å²) in [6, 6.07) is 17.9. The molecular formula is C29H31N3O4. The van der Waals surface area contributed by atoms with Crippen molar-refractivity contribution in [2.45, 2.75) is 26.2 Å². The summed E-state index contributed by atoms with van der Waals surface area (Å²) in [7, 11) is 3.27. The van der Waals surface area contributed by atoms with Crippen LogP contribution in [0.1, 0.15) is 37.3 Å². The van der Waals surface area contributed by atoms with Gasteiger partial charge in [-0.2, -0.15) is 5.26 Å². The summed E-state index contributed by atoms with van der Waals surface area (Å²) in [6.07, 6.45) is 3.11. The number of rotatable bonds is 7. The highest BCUT2D eigenvalue weighted by Crippen LogP contribution is 2.44. The Morgan fingerprint density at radius 2 is 1.75 bits per heavy atom. The molecule has 0 radical (unpaired) electrons. The van der Waals surface area contributed by atoms with Gasteiger partial charge in [-0.1, -0.05) is 31.2 Å². The molecule has 0 aliphatic carbocycles. The number of hydrogen-bond acceptors (Lipinski definition) is 6. The largest absolute Gasteiger partial charge is 0.497 e. The van der Waals surface area contributed by atoms with Crippen LogP contribution in [0.15, 0.2) is 76.9 Å². The molecule has 0 fully saturated rings. The molecule has 2 aromatic carbocycles. The predicted octanol–water partition coefficient (Wildman–Crippen LogP) is 4.75. The van der Waals surface area contributed by atoms with E-state index < -0.39 is 0 Å². The van der Waals surface area contributed by atoms with E-state index in [0.29, 0.717) is 24.4 Å². The molecule has 1 N–H and O–H groups in total. The average molecular weight is 486 g/mol. The Morgan fingerprint density at radius 3 is 2.31 bits per heavy atom. The predicted molar refractivity (Wildman–Crippen MR) is 138 cm³/mol. The van der Waals surface area contributed by atoms with E-state index >= 15 is 0 Å². The number of ether oxygens (including phenoxy) is 3. The van der Waals surface area contributed by atoms with Crippen molar-refractivity contribution in [3.8, 4) is 17.6 Å². The number of benzene rings is 2. The van der Waals surface area contributed by atoms with Crippen LogP contribution in [0.5, 0.6) is 11.5 Å². The molecule has 2 aliphatic heterocycles. The molecule has 186 valence electrons. The Kier molecular flexibility index (Phi) is 7.77. The summed E-state index contributed by atoms with van der Waals surface area (Å²) in [6.45, 7) is 5.85. The van der Waals surface area contributed by atoms with E-state index in [-0.39, 0.29) is 17.7 Å². The lowest BCUT2D eigenvalue weighted by Gasteiger charge is -2.38. The van der Waals surface area contributed by atoms with E-state index in [1.807, 2.05) is 48.5 Å². The van der Waals surface area contributed by atoms with E-state index in [4.69, 9.17) is 14.2 Å². The van der Waals surface area contributed by atoms with Gasteiger partial charge in [-0.05, 0) is 60.0 Å². The molecule has 1 amide bonds. The van der Waals surface area contributed by atoms with Crippen molar-refractivity contribution in [2.75, 3.05) is 33.9 Å². The number of nitrogens with one attached hydrogen (secondary N) is 1. The average Bonchev–Trinajstić information content (AvgIpc) is 2.88. The van der Waals surface area contributed by atoms with Gasteiger partial charge in [0, 0.05) is 25.6 Å². The Morgan fingerprint density at radius 1 is 1.11 bits per heavy atom. The number of carbonyl (C=O) groups excluding carboxylic acids is 1. The van der Waals surface area contributed by atoms with Gasteiger partial charge in [0.2, 0.25) is 11.8 Å². The molecule has 0 saturated heterocycles. The van der Waals surface area contributed by atoms with Gasteiger partial charge in [-0.25, -0.2) is 0 Å². The third-order valence-electron chi connectivity index (χ3n) is 6.31. The first-order valence-electron chi connectivity index (χ1n) is 12.0. The Hall–Kier alpha value is -4.02. The molecule has 0 bridgehead atoms. The summed E-state index contributed by atoms with van der Waals surface area (Å²) in [4.78, 5) is 14.4. The van der Waals surface area contributed by atoms with Crippen LogP contribution in [0.4, 0.5) is 0 Å². The first kappa shape index (κ1) is 25.1. The third-order valence-corrected chi connectivity index (χ3v) is 6.31. The Balaban J connectivity index is 1.87. The molecule has 2 heterocycles. The zero-order chi connectivity index (χ0) is 25.7. The molecule has 7 nitrogen and oxygen atoms in total. The van der Waals surface area contributed by atoms with Crippen molar-refractivity contribution in [2.24, 2.45) is 0 Å². The minimum absolute atomic E-state index is 0.189. The molecule has 4 rings (SSSR count). The fourth-order valence-electron chi connectivity index (χ4n) is 4.72. The van der Waals surface area contributed by atoms with Crippen LogP contribution in [0.25, 0.3) is 6.08 Å². The summed E-state index contributed by atoms with van der Waals surface area (Å²) < 4.78 is 17.0. The van der Waals surface area contributed by atoms with Crippen molar-refractivity contribution < 1.29 is 19.0 Å². The number of nitriles is 1. The van der Waals surface area contributed by atoms with Gasteiger partial charge in [0.05, 0.1) is 20.1 Å². The van der Waals surface area contributed by atoms with Gasteiger partial charge in [-0.15, -0.1) is 0 Å². The van der Waals surface area contributed by atoms with Crippen LogP contribution >= 0.6 is 0 Å². The molecule has 36 heavy (non-hydrogen) atoms. The second-order valence-electron chi connectivity index (χ2n) is 8.85. The molecular weight excluding hydrogens is 454 g/mol. The molecule has 0 spiro atoms. The summed E-state index contributed by atoms with van der Waals surface area (Å²) >= 11 is 0. The van der Waals surface area contributed by atoms with Gasteiger partial charge in [-0.3, -0.25) is 15.0 Å².